The Morgan fingerprint density at radius 1 is 1.30 bits per heavy atom. The maximum atomic E-state index is 12.3. The predicted octanol–water partition coefficient (Wildman–Crippen LogP) is 0.104. The van der Waals surface area contributed by atoms with Crippen molar-refractivity contribution in [3.63, 3.8) is 0 Å². The summed E-state index contributed by atoms with van der Waals surface area (Å²) in [4.78, 5) is 24.9. The van der Waals surface area contributed by atoms with Gasteiger partial charge in [0.2, 0.25) is 5.91 Å². The first-order valence-electron chi connectivity index (χ1n) is 5.92. The molecule has 0 spiro atoms. The van der Waals surface area contributed by atoms with E-state index >= 15 is 0 Å². The zero-order valence-corrected chi connectivity index (χ0v) is 12.0. The fourth-order valence-electron chi connectivity index (χ4n) is 1.64. The lowest BCUT2D eigenvalue weighted by atomic mass is 10.1. The van der Waals surface area contributed by atoms with Crippen molar-refractivity contribution in [1.29, 1.82) is 0 Å². The number of ether oxygens (including phenoxy) is 2. The van der Waals surface area contributed by atoms with E-state index in [1.54, 1.807) is 6.07 Å². The van der Waals surface area contributed by atoms with Gasteiger partial charge >= 0.3 is 0 Å². The molecule has 0 aliphatic heterocycles. The van der Waals surface area contributed by atoms with Crippen LogP contribution in [0.2, 0.25) is 0 Å². The van der Waals surface area contributed by atoms with E-state index in [2.05, 4.69) is 5.32 Å². The summed E-state index contributed by atoms with van der Waals surface area (Å²) in [6.45, 7) is -0.0612. The smallest absolute Gasteiger partial charge is 0.256 e. The van der Waals surface area contributed by atoms with E-state index in [4.69, 9.17) is 15.2 Å². The van der Waals surface area contributed by atoms with Crippen molar-refractivity contribution in [1.82, 2.24) is 10.2 Å². The summed E-state index contributed by atoms with van der Waals surface area (Å²) in [6, 6.07) is 3.10. The number of hydrogen-bond acceptors (Lipinski definition) is 5. The van der Waals surface area contributed by atoms with Crippen LogP contribution < -0.4 is 20.5 Å². The zero-order valence-electron chi connectivity index (χ0n) is 12.0. The van der Waals surface area contributed by atoms with Gasteiger partial charge in [-0.3, -0.25) is 9.59 Å². The summed E-state index contributed by atoms with van der Waals surface area (Å²) in [5.74, 6) is 0.145. The van der Waals surface area contributed by atoms with Gasteiger partial charge in [0.25, 0.3) is 5.91 Å². The fourth-order valence-corrected chi connectivity index (χ4v) is 1.64. The molecular weight excluding hydrogens is 262 g/mol. The van der Waals surface area contributed by atoms with Crippen LogP contribution in [0.15, 0.2) is 12.1 Å². The summed E-state index contributed by atoms with van der Waals surface area (Å²) in [5.41, 5.74) is 6.33. The summed E-state index contributed by atoms with van der Waals surface area (Å²) in [6.07, 6.45) is 0. The molecular formula is C13H19N3O4. The molecule has 20 heavy (non-hydrogen) atoms. The van der Waals surface area contributed by atoms with E-state index in [1.165, 1.54) is 39.3 Å². The molecule has 0 aliphatic rings. The molecule has 0 unspecified atom stereocenters. The number of anilines is 1. The first-order chi connectivity index (χ1) is 9.44. The molecule has 0 aromatic heterocycles. The van der Waals surface area contributed by atoms with Crippen molar-refractivity contribution in [3.8, 4) is 11.5 Å². The third-order valence-corrected chi connectivity index (χ3v) is 2.81. The molecule has 3 N–H and O–H groups in total. The van der Waals surface area contributed by atoms with Crippen LogP contribution in [0.5, 0.6) is 11.5 Å². The first-order valence-corrected chi connectivity index (χ1v) is 5.92. The van der Waals surface area contributed by atoms with Gasteiger partial charge in [0, 0.05) is 20.2 Å². The van der Waals surface area contributed by atoms with Crippen LogP contribution in [0.1, 0.15) is 10.4 Å². The summed E-state index contributed by atoms with van der Waals surface area (Å²) in [7, 11) is 5.95. The molecule has 1 aromatic carbocycles. The van der Waals surface area contributed by atoms with Crippen LogP contribution >= 0.6 is 0 Å². The van der Waals surface area contributed by atoms with Gasteiger partial charge in [0.05, 0.1) is 32.0 Å². The van der Waals surface area contributed by atoms with Gasteiger partial charge in [-0.05, 0) is 6.07 Å². The highest BCUT2D eigenvalue weighted by Gasteiger charge is 2.20. The third-order valence-electron chi connectivity index (χ3n) is 2.81. The Kier molecular flexibility index (Phi) is 5.19. The molecule has 0 saturated carbocycles. The molecule has 0 radical (unpaired) electrons. The van der Waals surface area contributed by atoms with Gasteiger partial charge in [0.15, 0.2) is 0 Å². The highest BCUT2D eigenvalue weighted by atomic mass is 16.5. The van der Waals surface area contributed by atoms with Gasteiger partial charge in [0.1, 0.15) is 11.5 Å². The van der Waals surface area contributed by atoms with Crippen LogP contribution in [0, 0.1) is 0 Å². The Morgan fingerprint density at radius 2 is 1.95 bits per heavy atom. The minimum absolute atomic E-state index is 0.0612. The van der Waals surface area contributed by atoms with E-state index in [1.807, 2.05) is 0 Å². The number of carbonyl (C=O) groups is 2. The normalized spacial score (nSPS) is 9.80. The summed E-state index contributed by atoms with van der Waals surface area (Å²) in [5, 5.41) is 2.45. The predicted molar refractivity (Wildman–Crippen MR) is 75.0 cm³/mol. The Balaban J connectivity index is 3.11. The second-order valence-electron chi connectivity index (χ2n) is 4.13. The van der Waals surface area contributed by atoms with Gasteiger partial charge in [-0.15, -0.1) is 0 Å². The second-order valence-corrected chi connectivity index (χ2v) is 4.13. The molecule has 2 amide bonds. The number of nitrogen functional groups attached to an aromatic ring is 1. The average Bonchev–Trinajstić information content (AvgIpc) is 2.46. The quantitative estimate of drug-likeness (QED) is 0.747. The molecule has 1 aromatic rings. The number of likely N-dealkylation sites (N-methyl/N-ethyl adjacent to an activating group) is 2. The molecule has 7 nitrogen and oxygen atoms in total. The van der Waals surface area contributed by atoms with Crippen molar-refractivity contribution >= 4 is 17.5 Å². The maximum absolute atomic E-state index is 12.3. The number of benzene rings is 1. The highest BCUT2D eigenvalue weighted by Crippen LogP contribution is 2.31. The molecule has 0 atom stereocenters. The lowest BCUT2D eigenvalue weighted by Crippen LogP contribution is -2.37. The van der Waals surface area contributed by atoms with Crippen LogP contribution in [0.4, 0.5) is 5.69 Å². The number of methoxy groups -OCH3 is 2. The monoisotopic (exact) mass is 281 g/mol. The minimum atomic E-state index is -0.386. The van der Waals surface area contributed by atoms with Crippen LogP contribution in [-0.4, -0.2) is 51.6 Å². The largest absolute Gasteiger partial charge is 0.497 e. The second kappa shape index (κ2) is 6.65. The average molecular weight is 281 g/mol. The molecule has 110 valence electrons. The Hall–Kier alpha value is -2.44. The van der Waals surface area contributed by atoms with E-state index in [0.29, 0.717) is 11.5 Å². The maximum Gasteiger partial charge on any atom is 0.256 e. The molecule has 0 aliphatic carbocycles. The topological polar surface area (TPSA) is 93.9 Å². The van der Waals surface area contributed by atoms with E-state index in [9.17, 15) is 9.59 Å². The number of nitrogens with one attached hydrogen (secondary N) is 1. The molecule has 1 rings (SSSR count). The van der Waals surface area contributed by atoms with Crippen LogP contribution in [0.25, 0.3) is 0 Å². The highest BCUT2D eigenvalue weighted by molar-refractivity contribution is 6.02. The minimum Gasteiger partial charge on any atom is -0.497 e. The number of amides is 2. The first kappa shape index (κ1) is 15.6. The number of nitrogens with two attached hydrogens (primary N) is 1. The number of carbonyl (C=O) groups excluding carboxylic acids is 2. The van der Waals surface area contributed by atoms with Crippen molar-refractivity contribution < 1.29 is 19.1 Å². The molecule has 0 fully saturated rings. The lowest BCUT2D eigenvalue weighted by molar-refractivity contribution is -0.121. The standard InChI is InChI=1S/C13H19N3O4/c1-15-11(17)7-16(2)13(18)9-5-8(19-3)6-10(20-4)12(9)14/h5-6H,7,14H2,1-4H3,(H,15,17). The van der Waals surface area contributed by atoms with Crippen LogP contribution in [0.3, 0.4) is 0 Å². The van der Waals surface area contributed by atoms with E-state index in [0.717, 1.165) is 0 Å². The molecule has 0 bridgehead atoms. The van der Waals surface area contributed by atoms with Gasteiger partial charge in [-0.2, -0.15) is 0 Å². The molecule has 7 heteroatoms. The summed E-state index contributed by atoms with van der Waals surface area (Å²) < 4.78 is 10.2. The van der Waals surface area contributed by atoms with Crippen LogP contribution in [-0.2, 0) is 4.79 Å². The molecule has 0 heterocycles. The summed E-state index contributed by atoms with van der Waals surface area (Å²) >= 11 is 0. The van der Waals surface area contributed by atoms with Gasteiger partial charge in [-0.1, -0.05) is 0 Å². The number of rotatable bonds is 5. The number of hydrogen-bond donors (Lipinski definition) is 2. The Labute approximate surface area is 117 Å². The van der Waals surface area contributed by atoms with Crippen molar-refractivity contribution in [2.75, 3.05) is 40.6 Å². The number of nitrogens with zero attached hydrogens (tertiary/aromatic N) is 1. The van der Waals surface area contributed by atoms with E-state index in [-0.39, 0.29) is 29.6 Å². The third kappa shape index (κ3) is 3.31. The zero-order chi connectivity index (χ0) is 15.3. The van der Waals surface area contributed by atoms with E-state index < -0.39 is 0 Å². The Bertz CT molecular complexity index is 517. The van der Waals surface area contributed by atoms with Crippen molar-refractivity contribution in [2.24, 2.45) is 0 Å². The fraction of sp³-hybridized carbons (Fsp3) is 0.385. The molecule has 0 saturated heterocycles. The van der Waals surface area contributed by atoms with Gasteiger partial charge in [-0.25, -0.2) is 0 Å². The van der Waals surface area contributed by atoms with Crippen molar-refractivity contribution in [2.45, 2.75) is 0 Å². The SMILES string of the molecule is CNC(=O)CN(C)C(=O)c1cc(OC)cc(OC)c1N. The lowest BCUT2D eigenvalue weighted by Gasteiger charge is -2.19. The van der Waals surface area contributed by atoms with Crippen molar-refractivity contribution in [3.05, 3.63) is 17.7 Å². The van der Waals surface area contributed by atoms with Gasteiger partial charge < -0.3 is 25.4 Å². The Morgan fingerprint density at radius 3 is 2.45 bits per heavy atom.